The number of pyridine rings is 1. The van der Waals surface area contributed by atoms with E-state index in [1.165, 1.54) is 5.56 Å². The van der Waals surface area contributed by atoms with Crippen LogP contribution in [-0.4, -0.2) is 16.2 Å². The van der Waals surface area contributed by atoms with Crippen LogP contribution in [0.2, 0.25) is 0 Å². The molecule has 140 valence electrons. The SMILES string of the molecule is CCOc1ccc(N=c2scc(-c3ccccc3)n2Cc2cccnc2)cc1. The van der Waals surface area contributed by atoms with Gasteiger partial charge in [-0.15, -0.1) is 11.3 Å². The number of hydrogen-bond acceptors (Lipinski definition) is 4. The third kappa shape index (κ3) is 4.21. The van der Waals surface area contributed by atoms with Crippen LogP contribution < -0.4 is 9.54 Å². The van der Waals surface area contributed by atoms with Crippen LogP contribution in [0.1, 0.15) is 12.5 Å². The third-order valence-corrected chi connectivity index (χ3v) is 5.17. The quantitative estimate of drug-likeness (QED) is 0.451. The lowest BCUT2D eigenvalue weighted by Gasteiger charge is -2.09. The van der Waals surface area contributed by atoms with Crippen molar-refractivity contribution < 1.29 is 4.74 Å². The minimum absolute atomic E-state index is 0.660. The lowest BCUT2D eigenvalue weighted by atomic mass is 10.1. The number of aromatic nitrogens is 2. The summed E-state index contributed by atoms with van der Waals surface area (Å²) in [5, 5.41) is 2.17. The molecule has 2 aromatic carbocycles. The summed E-state index contributed by atoms with van der Waals surface area (Å²) in [6.07, 6.45) is 3.70. The first-order valence-electron chi connectivity index (χ1n) is 9.24. The molecule has 4 aromatic rings. The van der Waals surface area contributed by atoms with Gasteiger partial charge in [0.15, 0.2) is 4.80 Å². The van der Waals surface area contributed by atoms with E-state index in [-0.39, 0.29) is 0 Å². The largest absolute Gasteiger partial charge is 0.494 e. The van der Waals surface area contributed by atoms with E-state index >= 15 is 0 Å². The van der Waals surface area contributed by atoms with Gasteiger partial charge in [0.25, 0.3) is 0 Å². The summed E-state index contributed by atoms with van der Waals surface area (Å²) in [4.78, 5) is 10.1. The fourth-order valence-electron chi connectivity index (χ4n) is 2.98. The molecule has 0 N–H and O–H groups in total. The molecule has 4 nitrogen and oxygen atoms in total. The Balaban J connectivity index is 1.77. The van der Waals surface area contributed by atoms with Gasteiger partial charge in [0.2, 0.25) is 0 Å². The molecule has 28 heavy (non-hydrogen) atoms. The molecule has 0 saturated carbocycles. The molecule has 2 aromatic heterocycles. The Morgan fingerprint density at radius 2 is 1.82 bits per heavy atom. The molecular formula is C23H21N3OS. The second-order valence-corrected chi connectivity index (χ2v) is 7.09. The van der Waals surface area contributed by atoms with Crippen LogP contribution in [0, 0.1) is 0 Å². The molecule has 0 amide bonds. The van der Waals surface area contributed by atoms with Crippen LogP contribution in [-0.2, 0) is 6.54 Å². The fourth-order valence-corrected chi connectivity index (χ4v) is 3.91. The van der Waals surface area contributed by atoms with E-state index in [0.29, 0.717) is 6.61 Å². The van der Waals surface area contributed by atoms with Crippen LogP contribution in [0.25, 0.3) is 11.3 Å². The van der Waals surface area contributed by atoms with Gasteiger partial charge < -0.3 is 9.30 Å². The maximum absolute atomic E-state index is 5.52. The van der Waals surface area contributed by atoms with Gasteiger partial charge in [-0.1, -0.05) is 36.4 Å². The molecular weight excluding hydrogens is 366 g/mol. The Bertz CT molecular complexity index is 1080. The van der Waals surface area contributed by atoms with E-state index in [2.05, 4.69) is 45.3 Å². The highest BCUT2D eigenvalue weighted by molar-refractivity contribution is 7.07. The van der Waals surface area contributed by atoms with Crippen molar-refractivity contribution in [1.82, 2.24) is 9.55 Å². The molecule has 0 aliphatic rings. The average Bonchev–Trinajstić information content (AvgIpc) is 3.13. The Labute approximate surface area is 168 Å². The van der Waals surface area contributed by atoms with E-state index in [4.69, 9.17) is 9.73 Å². The smallest absolute Gasteiger partial charge is 0.190 e. The number of ether oxygens (including phenoxy) is 1. The predicted molar refractivity (Wildman–Crippen MR) is 114 cm³/mol. The zero-order chi connectivity index (χ0) is 19.2. The van der Waals surface area contributed by atoms with Gasteiger partial charge in [-0.3, -0.25) is 4.98 Å². The highest BCUT2D eigenvalue weighted by atomic mass is 32.1. The highest BCUT2D eigenvalue weighted by Gasteiger charge is 2.09. The summed E-state index contributed by atoms with van der Waals surface area (Å²) < 4.78 is 7.77. The number of rotatable bonds is 6. The standard InChI is InChI=1S/C23H21N3OS/c1-2-27-21-12-10-20(11-13-21)25-23-26(16-18-7-6-14-24-15-18)22(17-28-23)19-8-4-3-5-9-19/h3-15,17H,2,16H2,1H3. The molecule has 0 aliphatic heterocycles. The van der Waals surface area contributed by atoms with Crippen LogP contribution in [0.4, 0.5) is 5.69 Å². The zero-order valence-corrected chi connectivity index (χ0v) is 16.5. The normalized spacial score (nSPS) is 11.5. The molecule has 0 unspecified atom stereocenters. The van der Waals surface area contributed by atoms with Crippen molar-refractivity contribution in [3.8, 4) is 17.0 Å². The summed E-state index contributed by atoms with van der Waals surface area (Å²) in [6, 6.07) is 22.4. The molecule has 0 atom stereocenters. The lowest BCUT2D eigenvalue weighted by molar-refractivity contribution is 0.340. The van der Waals surface area contributed by atoms with E-state index in [0.717, 1.165) is 34.0 Å². The highest BCUT2D eigenvalue weighted by Crippen LogP contribution is 2.22. The molecule has 0 spiro atoms. The van der Waals surface area contributed by atoms with Gasteiger partial charge in [0.1, 0.15) is 5.75 Å². The van der Waals surface area contributed by atoms with Crippen LogP contribution >= 0.6 is 11.3 Å². The zero-order valence-electron chi connectivity index (χ0n) is 15.7. The van der Waals surface area contributed by atoms with E-state index in [9.17, 15) is 0 Å². The van der Waals surface area contributed by atoms with Crippen molar-refractivity contribution in [3.63, 3.8) is 0 Å². The molecule has 4 rings (SSSR count). The summed E-state index contributed by atoms with van der Waals surface area (Å²) in [7, 11) is 0. The summed E-state index contributed by atoms with van der Waals surface area (Å²) in [5.74, 6) is 0.862. The first kappa shape index (κ1) is 18.2. The molecule has 2 heterocycles. The Morgan fingerprint density at radius 1 is 1.00 bits per heavy atom. The van der Waals surface area contributed by atoms with Crippen LogP contribution in [0.5, 0.6) is 5.75 Å². The number of hydrogen-bond donors (Lipinski definition) is 0. The monoisotopic (exact) mass is 387 g/mol. The Hall–Kier alpha value is -3.18. The van der Waals surface area contributed by atoms with Gasteiger partial charge in [0.05, 0.1) is 24.5 Å². The number of thiazole rings is 1. The van der Waals surface area contributed by atoms with E-state index in [1.807, 2.05) is 49.5 Å². The summed E-state index contributed by atoms with van der Waals surface area (Å²) in [6.45, 7) is 3.36. The van der Waals surface area contributed by atoms with Gasteiger partial charge in [-0.2, -0.15) is 0 Å². The maximum Gasteiger partial charge on any atom is 0.190 e. The van der Waals surface area contributed by atoms with Crippen LogP contribution in [0.3, 0.4) is 0 Å². The molecule has 0 fully saturated rings. The number of nitrogens with zero attached hydrogens (tertiary/aromatic N) is 3. The lowest BCUT2D eigenvalue weighted by Crippen LogP contribution is -2.16. The fraction of sp³-hybridized carbons (Fsp3) is 0.130. The molecule has 5 heteroatoms. The van der Waals surface area contributed by atoms with Crippen molar-refractivity contribution in [2.24, 2.45) is 4.99 Å². The second kappa shape index (κ2) is 8.67. The third-order valence-electron chi connectivity index (χ3n) is 4.30. The molecule has 0 radical (unpaired) electrons. The second-order valence-electron chi connectivity index (χ2n) is 6.26. The van der Waals surface area contributed by atoms with Crippen molar-refractivity contribution in [2.75, 3.05) is 6.61 Å². The molecule has 0 saturated heterocycles. The van der Waals surface area contributed by atoms with E-state index in [1.54, 1.807) is 17.5 Å². The predicted octanol–water partition coefficient (Wildman–Crippen LogP) is 5.29. The molecule has 0 aliphatic carbocycles. The van der Waals surface area contributed by atoms with Gasteiger partial charge in [-0.05, 0) is 48.4 Å². The van der Waals surface area contributed by atoms with Gasteiger partial charge in [0, 0.05) is 17.8 Å². The Morgan fingerprint density at radius 3 is 2.54 bits per heavy atom. The minimum atomic E-state index is 0.660. The minimum Gasteiger partial charge on any atom is -0.494 e. The van der Waals surface area contributed by atoms with Crippen molar-refractivity contribution in [2.45, 2.75) is 13.5 Å². The average molecular weight is 388 g/mol. The topological polar surface area (TPSA) is 39.4 Å². The number of benzene rings is 2. The van der Waals surface area contributed by atoms with Gasteiger partial charge >= 0.3 is 0 Å². The van der Waals surface area contributed by atoms with Crippen LogP contribution in [0.15, 0.2) is 89.5 Å². The van der Waals surface area contributed by atoms with Crippen molar-refractivity contribution in [3.05, 3.63) is 94.9 Å². The van der Waals surface area contributed by atoms with Crippen molar-refractivity contribution >= 4 is 17.0 Å². The van der Waals surface area contributed by atoms with E-state index < -0.39 is 0 Å². The van der Waals surface area contributed by atoms with Gasteiger partial charge in [-0.25, -0.2) is 4.99 Å². The van der Waals surface area contributed by atoms with Crippen molar-refractivity contribution in [1.29, 1.82) is 0 Å². The first-order valence-corrected chi connectivity index (χ1v) is 10.1. The molecule has 0 bridgehead atoms. The Kier molecular flexibility index (Phi) is 5.64. The summed E-state index contributed by atoms with van der Waals surface area (Å²) in [5.41, 5.74) is 4.38. The maximum atomic E-state index is 5.52. The summed E-state index contributed by atoms with van der Waals surface area (Å²) >= 11 is 1.64. The first-order chi connectivity index (χ1) is 13.8.